The van der Waals surface area contributed by atoms with Gasteiger partial charge in [0.25, 0.3) is 5.91 Å². The number of nitrogens with one attached hydrogen (secondary N) is 1. The number of anilines is 1. The van der Waals surface area contributed by atoms with Gasteiger partial charge in [0.1, 0.15) is 5.82 Å². The van der Waals surface area contributed by atoms with Gasteiger partial charge in [0.15, 0.2) is 0 Å². The predicted molar refractivity (Wildman–Crippen MR) is 76.3 cm³/mol. The molecule has 1 aromatic rings. The van der Waals surface area contributed by atoms with E-state index in [2.05, 4.69) is 15.2 Å². The lowest BCUT2D eigenvalue weighted by Gasteiger charge is -2.21. The summed E-state index contributed by atoms with van der Waals surface area (Å²) in [6.45, 7) is 5.09. The quantitative estimate of drug-likeness (QED) is 0.879. The van der Waals surface area contributed by atoms with Gasteiger partial charge >= 0.3 is 0 Å². The molecule has 2 rings (SSSR count). The predicted octanol–water partition coefficient (Wildman–Crippen LogP) is 1.53. The Hall–Kier alpha value is -1.33. The summed E-state index contributed by atoms with van der Waals surface area (Å²) >= 11 is 5.96. The summed E-state index contributed by atoms with van der Waals surface area (Å²) < 4.78 is 0. The fourth-order valence-corrected chi connectivity index (χ4v) is 2.52. The van der Waals surface area contributed by atoms with E-state index in [1.165, 1.54) is 25.1 Å². The summed E-state index contributed by atoms with van der Waals surface area (Å²) in [6.07, 6.45) is 3.89. The number of halogens is 1. The van der Waals surface area contributed by atoms with Crippen LogP contribution in [0.15, 0.2) is 12.3 Å². The molecule has 1 aromatic heterocycles. The van der Waals surface area contributed by atoms with Gasteiger partial charge in [-0.15, -0.1) is 0 Å². The first-order valence-electron chi connectivity index (χ1n) is 6.50. The van der Waals surface area contributed by atoms with Crippen molar-refractivity contribution in [3.8, 4) is 0 Å². The van der Waals surface area contributed by atoms with Gasteiger partial charge in [-0.1, -0.05) is 11.6 Å². The second kappa shape index (κ2) is 6.21. The minimum absolute atomic E-state index is 0.0797. The minimum Gasteiger partial charge on any atom is -0.384 e. The third-order valence-electron chi connectivity index (χ3n) is 3.23. The van der Waals surface area contributed by atoms with Crippen molar-refractivity contribution in [3.05, 3.63) is 22.8 Å². The standard InChI is InChI=1S/C13H19ClN4O/c1-9(8-18-4-2-3-5-18)17-13(19)10-6-12(15)16-7-11(10)14/h6-7,9H,2-5,8H2,1H3,(H2,15,16)(H,17,19). The normalized spacial score (nSPS) is 17.4. The molecule has 0 radical (unpaired) electrons. The molecule has 3 N–H and O–H groups in total. The van der Waals surface area contributed by atoms with Crippen LogP contribution in [0.4, 0.5) is 5.82 Å². The van der Waals surface area contributed by atoms with E-state index in [0.29, 0.717) is 16.4 Å². The topological polar surface area (TPSA) is 71.2 Å². The number of pyridine rings is 1. The van der Waals surface area contributed by atoms with E-state index >= 15 is 0 Å². The Morgan fingerprint density at radius 1 is 1.58 bits per heavy atom. The summed E-state index contributed by atoms with van der Waals surface area (Å²) in [5.41, 5.74) is 5.95. The number of carbonyl (C=O) groups excluding carboxylic acids is 1. The molecule has 0 aliphatic carbocycles. The van der Waals surface area contributed by atoms with Crippen molar-refractivity contribution in [3.63, 3.8) is 0 Å². The third kappa shape index (κ3) is 3.81. The highest BCUT2D eigenvalue weighted by Gasteiger charge is 2.18. The molecule has 1 unspecified atom stereocenters. The Morgan fingerprint density at radius 3 is 2.95 bits per heavy atom. The molecule has 104 valence electrons. The van der Waals surface area contributed by atoms with E-state index in [1.807, 2.05) is 6.92 Å². The maximum absolute atomic E-state index is 12.1. The van der Waals surface area contributed by atoms with Gasteiger partial charge in [-0.05, 0) is 38.9 Å². The lowest BCUT2D eigenvalue weighted by atomic mass is 10.2. The third-order valence-corrected chi connectivity index (χ3v) is 3.53. The van der Waals surface area contributed by atoms with Crippen LogP contribution in [0.1, 0.15) is 30.1 Å². The van der Waals surface area contributed by atoms with Crippen LogP contribution >= 0.6 is 11.6 Å². The number of hydrogen-bond donors (Lipinski definition) is 2. The van der Waals surface area contributed by atoms with E-state index in [4.69, 9.17) is 17.3 Å². The zero-order valence-corrected chi connectivity index (χ0v) is 11.8. The Bertz CT molecular complexity index is 460. The Labute approximate surface area is 118 Å². The molecule has 0 bridgehead atoms. The molecule has 1 aliphatic heterocycles. The maximum atomic E-state index is 12.1. The van der Waals surface area contributed by atoms with Crippen molar-refractivity contribution in [2.75, 3.05) is 25.4 Å². The largest absolute Gasteiger partial charge is 0.384 e. The van der Waals surface area contributed by atoms with Crippen LogP contribution in [0.5, 0.6) is 0 Å². The molecule has 0 saturated carbocycles. The summed E-state index contributed by atoms with van der Waals surface area (Å²) in [6, 6.07) is 1.58. The first-order chi connectivity index (χ1) is 9.06. The number of nitrogens with zero attached hydrogens (tertiary/aromatic N) is 2. The fourth-order valence-electron chi connectivity index (χ4n) is 2.33. The Balaban J connectivity index is 1.94. The van der Waals surface area contributed by atoms with Gasteiger partial charge in [0.2, 0.25) is 0 Å². The first-order valence-corrected chi connectivity index (χ1v) is 6.88. The average Bonchev–Trinajstić information content (AvgIpc) is 2.84. The monoisotopic (exact) mass is 282 g/mol. The molecular weight excluding hydrogens is 264 g/mol. The van der Waals surface area contributed by atoms with Crippen LogP contribution in [0.3, 0.4) is 0 Å². The fraction of sp³-hybridized carbons (Fsp3) is 0.538. The summed E-state index contributed by atoms with van der Waals surface area (Å²) in [7, 11) is 0. The molecule has 1 saturated heterocycles. The molecule has 1 atom stereocenters. The highest BCUT2D eigenvalue weighted by molar-refractivity contribution is 6.33. The van der Waals surface area contributed by atoms with Crippen LogP contribution in [0.2, 0.25) is 5.02 Å². The number of amides is 1. The zero-order valence-electron chi connectivity index (χ0n) is 11.0. The zero-order chi connectivity index (χ0) is 13.8. The Kier molecular flexibility index (Phi) is 4.61. The number of nitrogen functional groups attached to an aromatic ring is 1. The van der Waals surface area contributed by atoms with Gasteiger partial charge in [-0.3, -0.25) is 4.79 Å². The van der Waals surface area contributed by atoms with Crippen LogP contribution in [0, 0.1) is 0 Å². The molecule has 1 amide bonds. The lowest BCUT2D eigenvalue weighted by Crippen LogP contribution is -2.41. The second-order valence-electron chi connectivity index (χ2n) is 4.97. The molecule has 2 heterocycles. The minimum atomic E-state index is -0.203. The second-order valence-corrected chi connectivity index (χ2v) is 5.38. The first kappa shape index (κ1) is 14.1. The van der Waals surface area contributed by atoms with Crippen molar-refractivity contribution >= 4 is 23.3 Å². The van der Waals surface area contributed by atoms with Gasteiger partial charge in [0, 0.05) is 18.8 Å². The number of carbonyl (C=O) groups is 1. The van der Waals surface area contributed by atoms with Gasteiger partial charge in [-0.25, -0.2) is 4.98 Å². The van der Waals surface area contributed by atoms with Crippen LogP contribution in [-0.2, 0) is 0 Å². The van der Waals surface area contributed by atoms with E-state index in [-0.39, 0.29) is 11.9 Å². The van der Waals surface area contributed by atoms with Crippen LogP contribution in [0.25, 0.3) is 0 Å². The highest BCUT2D eigenvalue weighted by Crippen LogP contribution is 2.16. The van der Waals surface area contributed by atoms with Crippen molar-refractivity contribution < 1.29 is 4.79 Å². The number of likely N-dealkylation sites (tertiary alicyclic amines) is 1. The summed E-state index contributed by atoms with van der Waals surface area (Å²) in [5.74, 6) is 0.0903. The van der Waals surface area contributed by atoms with E-state index < -0.39 is 0 Å². The summed E-state index contributed by atoms with van der Waals surface area (Å²) in [5, 5.41) is 3.26. The molecular formula is C13H19ClN4O. The van der Waals surface area contributed by atoms with Crippen molar-refractivity contribution in [2.24, 2.45) is 0 Å². The van der Waals surface area contributed by atoms with Crippen LogP contribution in [-0.4, -0.2) is 41.5 Å². The smallest absolute Gasteiger partial charge is 0.253 e. The molecule has 0 aromatic carbocycles. The molecule has 1 aliphatic rings. The van der Waals surface area contributed by atoms with E-state index in [9.17, 15) is 4.79 Å². The average molecular weight is 283 g/mol. The maximum Gasteiger partial charge on any atom is 0.253 e. The van der Waals surface area contributed by atoms with Crippen molar-refractivity contribution in [2.45, 2.75) is 25.8 Å². The summed E-state index contributed by atoms with van der Waals surface area (Å²) in [4.78, 5) is 18.3. The van der Waals surface area contributed by atoms with Crippen LogP contribution < -0.4 is 11.1 Å². The molecule has 5 nitrogen and oxygen atoms in total. The highest BCUT2D eigenvalue weighted by atomic mass is 35.5. The SMILES string of the molecule is CC(CN1CCCC1)NC(=O)c1cc(N)ncc1Cl. The van der Waals surface area contributed by atoms with E-state index in [1.54, 1.807) is 0 Å². The molecule has 6 heteroatoms. The van der Waals surface area contributed by atoms with Crippen molar-refractivity contribution in [1.29, 1.82) is 0 Å². The lowest BCUT2D eigenvalue weighted by molar-refractivity contribution is 0.0932. The number of nitrogens with two attached hydrogens (primary N) is 1. The van der Waals surface area contributed by atoms with Gasteiger partial charge < -0.3 is 16.0 Å². The molecule has 1 fully saturated rings. The Morgan fingerprint density at radius 2 is 2.26 bits per heavy atom. The number of aromatic nitrogens is 1. The number of rotatable bonds is 4. The van der Waals surface area contributed by atoms with E-state index in [0.717, 1.165) is 19.6 Å². The molecule has 19 heavy (non-hydrogen) atoms. The molecule has 0 spiro atoms. The van der Waals surface area contributed by atoms with Gasteiger partial charge in [0.05, 0.1) is 10.6 Å². The van der Waals surface area contributed by atoms with Crippen molar-refractivity contribution in [1.82, 2.24) is 15.2 Å². The number of hydrogen-bond acceptors (Lipinski definition) is 4. The van der Waals surface area contributed by atoms with Gasteiger partial charge in [-0.2, -0.15) is 0 Å².